The van der Waals surface area contributed by atoms with Crippen LogP contribution in [0.25, 0.3) is 0 Å². The predicted octanol–water partition coefficient (Wildman–Crippen LogP) is 4.79. The van der Waals surface area contributed by atoms with Crippen molar-refractivity contribution in [3.05, 3.63) is 24.3 Å². The van der Waals surface area contributed by atoms with Crippen LogP contribution in [-0.4, -0.2) is 30.4 Å². The number of nitrogens with one attached hydrogen (secondary N) is 2. The van der Waals surface area contributed by atoms with E-state index in [0.717, 1.165) is 43.7 Å². The molecular weight excluding hydrogens is 304 g/mol. The number of hydrogen-bond acceptors (Lipinski definition) is 4. The third-order valence-electron chi connectivity index (χ3n) is 3.90. The topological polar surface area (TPSA) is 59.6 Å². The summed E-state index contributed by atoms with van der Waals surface area (Å²) in [6.07, 6.45) is 4.08. The fourth-order valence-electron chi connectivity index (χ4n) is 2.89. The molecule has 0 saturated carbocycles. The molecule has 2 rings (SSSR count). The number of ether oxygens (including phenoxy) is 2. The lowest BCUT2D eigenvalue weighted by Gasteiger charge is -2.31. The molecule has 1 heterocycles. The van der Waals surface area contributed by atoms with Crippen molar-refractivity contribution in [3.63, 3.8) is 0 Å². The van der Waals surface area contributed by atoms with Crippen LogP contribution in [-0.2, 0) is 9.47 Å². The van der Waals surface area contributed by atoms with E-state index in [1.54, 1.807) is 0 Å². The molecule has 5 heteroatoms. The van der Waals surface area contributed by atoms with Gasteiger partial charge in [-0.15, -0.1) is 0 Å². The molecule has 1 aromatic rings. The van der Waals surface area contributed by atoms with Crippen molar-refractivity contribution in [2.45, 2.75) is 71.1 Å². The number of anilines is 2. The van der Waals surface area contributed by atoms with Crippen LogP contribution in [0, 0.1) is 0 Å². The highest BCUT2D eigenvalue weighted by atomic mass is 16.6. The summed E-state index contributed by atoms with van der Waals surface area (Å²) in [5, 5.41) is 6.39. The first kappa shape index (κ1) is 18.6. The summed E-state index contributed by atoms with van der Waals surface area (Å²) in [7, 11) is 0. The Kier molecular flexibility index (Phi) is 6.49. The van der Waals surface area contributed by atoms with Crippen molar-refractivity contribution >= 4 is 17.5 Å². The second kappa shape index (κ2) is 8.38. The van der Waals surface area contributed by atoms with Crippen LogP contribution in [0.5, 0.6) is 0 Å². The van der Waals surface area contributed by atoms with E-state index in [-0.39, 0.29) is 0 Å². The summed E-state index contributed by atoms with van der Waals surface area (Å²) >= 11 is 0. The van der Waals surface area contributed by atoms with Crippen molar-refractivity contribution in [1.29, 1.82) is 0 Å². The number of carbonyl (C=O) groups excluding carboxylic acids is 1. The maximum atomic E-state index is 12.0. The molecule has 0 aliphatic carbocycles. The molecule has 5 nitrogen and oxygen atoms in total. The third-order valence-corrected chi connectivity index (χ3v) is 3.90. The van der Waals surface area contributed by atoms with Crippen LogP contribution in [0.2, 0.25) is 0 Å². The Morgan fingerprint density at radius 2 is 2.00 bits per heavy atom. The lowest BCUT2D eigenvalue weighted by Crippen LogP contribution is -2.34. The van der Waals surface area contributed by atoms with Crippen LogP contribution in [0.15, 0.2) is 24.3 Å². The smallest absolute Gasteiger partial charge is 0.412 e. The maximum Gasteiger partial charge on any atom is 0.412 e. The second-order valence-electron chi connectivity index (χ2n) is 7.32. The zero-order valence-electron chi connectivity index (χ0n) is 15.2. The van der Waals surface area contributed by atoms with Gasteiger partial charge >= 0.3 is 6.09 Å². The van der Waals surface area contributed by atoms with Gasteiger partial charge in [0.1, 0.15) is 5.60 Å². The average Bonchev–Trinajstić information content (AvgIpc) is 2.48. The summed E-state index contributed by atoms with van der Waals surface area (Å²) in [6, 6.07) is 8.09. The molecule has 0 spiro atoms. The minimum absolute atomic E-state index is 0.326. The van der Waals surface area contributed by atoms with Crippen LogP contribution < -0.4 is 10.6 Å². The monoisotopic (exact) mass is 334 g/mol. The Balaban J connectivity index is 1.99. The summed E-state index contributed by atoms with van der Waals surface area (Å²) in [4.78, 5) is 12.0. The number of benzene rings is 1. The molecule has 1 amide bonds. The van der Waals surface area contributed by atoms with E-state index in [2.05, 4.69) is 17.6 Å². The van der Waals surface area contributed by atoms with Crippen molar-refractivity contribution in [3.8, 4) is 0 Å². The van der Waals surface area contributed by atoms with Gasteiger partial charge < -0.3 is 14.8 Å². The van der Waals surface area contributed by atoms with Gasteiger partial charge in [-0.25, -0.2) is 4.79 Å². The molecule has 134 valence electrons. The molecule has 1 aliphatic heterocycles. The normalized spacial score (nSPS) is 21.2. The van der Waals surface area contributed by atoms with E-state index in [4.69, 9.17) is 9.47 Å². The van der Waals surface area contributed by atoms with Gasteiger partial charge in [-0.05, 0) is 52.2 Å². The molecule has 24 heavy (non-hydrogen) atoms. The van der Waals surface area contributed by atoms with Crippen LogP contribution in [0.1, 0.15) is 53.4 Å². The lowest BCUT2D eigenvalue weighted by atomic mass is 9.99. The van der Waals surface area contributed by atoms with Gasteiger partial charge in [0.25, 0.3) is 0 Å². The highest BCUT2D eigenvalue weighted by molar-refractivity contribution is 5.89. The molecule has 2 N–H and O–H groups in total. The largest absolute Gasteiger partial charge is 0.444 e. The Labute approximate surface area is 145 Å². The number of rotatable bonds is 5. The molecule has 2 atom stereocenters. The minimum Gasteiger partial charge on any atom is -0.444 e. The van der Waals surface area contributed by atoms with Crippen molar-refractivity contribution in [2.75, 3.05) is 17.2 Å². The standard InChI is InChI=1S/C19H30N2O3/c1-5-8-15-13-14(11-12-23-15)20-16-9-6-7-10-17(16)21-18(22)24-19(2,3)4/h6-7,9-10,14-15,20H,5,8,11-13H2,1-4H3,(H,21,22). The number of carbonyl (C=O) groups is 1. The molecular formula is C19H30N2O3. The van der Waals surface area contributed by atoms with Crippen molar-refractivity contribution in [2.24, 2.45) is 0 Å². The fourth-order valence-corrected chi connectivity index (χ4v) is 2.89. The second-order valence-corrected chi connectivity index (χ2v) is 7.32. The van der Waals surface area contributed by atoms with E-state index in [9.17, 15) is 4.79 Å². The van der Waals surface area contributed by atoms with Crippen LogP contribution >= 0.6 is 0 Å². The molecule has 1 saturated heterocycles. The van der Waals surface area contributed by atoms with Crippen LogP contribution in [0.4, 0.5) is 16.2 Å². The molecule has 0 radical (unpaired) electrons. The van der Waals surface area contributed by atoms with E-state index in [0.29, 0.717) is 12.1 Å². The number of hydrogen-bond donors (Lipinski definition) is 2. The third kappa shape index (κ3) is 6.04. The Morgan fingerprint density at radius 1 is 1.29 bits per heavy atom. The van der Waals surface area contributed by atoms with Gasteiger partial charge in [0, 0.05) is 12.6 Å². The van der Waals surface area contributed by atoms with E-state index < -0.39 is 11.7 Å². The van der Waals surface area contributed by atoms with Gasteiger partial charge in [-0.2, -0.15) is 0 Å². The maximum absolute atomic E-state index is 12.0. The van der Waals surface area contributed by atoms with Gasteiger partial charge in [-0.3, -0.25) is 5.32 Å². The van der Waals surface area contributed by atoms with Crippen molar-refractivity contribution in [1.82, 2.24) is 0 Å². The average molecular weight is 334 g/mol. The predicted molar refractivity (Wildman–Crippen MR) is 97.6 cm³/mol. The Hall–Kier alpha value is -1.75. The molecule has 2 unspecified atom stereocenters. The van der Waals surface area contributed by atoms with Gasteiger partial charge in [0.05, 0.1) is 17.5 Å². The molecule has 0 bridgehead atoms. The highest BCUT2D eigenvalue weighted by Crippen LogP contribution is 2.27. The van der Waals surface area contributed by atoms with Gasteiger partial charge in [0.2, 0.25) is 0 Å². The molecule has 1 aliphatic rings. The molecule has 0 aromatic heterocycles. The van der Waals surface area contributed by atoms with Gasteiger partial charge in [0.15, 0.2) is 0 Å². The fraction of sp³-hybridized carbons (Fsp3) is 0.632. The summed E-state index contributed by atoms with van der Waals surface area (Å²) in [5.41, 5.74) is 1.15. The van der Waals surface area contributed by atoms with Crippen molar-refractivity contribution < 1.29 is 14.3 Å². The minimum atomic E-state index is -0.513. The first-order chi connectivity index (χ1) is 11.4. The summed E-state index contributed by atoms with van der Waals surface area (Å²) in [5.74, 6) is 0. The molecule has 1 fully saturated rings. The first-order valence-electron chi connectivity index (χ1n) is 8.84. The van der Waals surface area contributed by atoms with Crippen LogP contribution in [0.3, 0.4) is 0 Å². The zero-order chi connectivity index (χ0) is 17.6. The summed E-state index contributed by atoms with van der Waals surface area (Å²) < 4.78 is 11.1. The molecule has 1 aromatic carbocycles. The summed E-state index contributed by atoms with van der Waals surface area (Å²) in [6.45, 7) is 8.52. The quantitative estimate of drug-likeness (QED) is 0.812. The zero-order valence-corrected chi connectivity index (χ0v) is 15.2. The van der Waals surface area contributed by atoms with E-state index >= 15 is 0 Å². The highest BCUT2D eigenvalue weighted by Gasteiger charge is 2.23. The Bertz CT molecular complexity index is 538. The van der Waals surface area contributed by atoms with E-state index in [1.165, 1.54) is 0 Å². The van der Waals surface area contributed by atoms with E-state index in [1.807, 2.05) is 45.0 Å². The Morgan fingerprint density at radius 3 is 2.67 bits per heavy atom. The first-order valence-corrected chi connectivity index (χ1v) is 8.84. The lowest BCUT2D eigenvalue weighted by molar-refractivity contribution is 0.00597. The SMILES string of the molecule is CCCC1CC(Nc2ccccc2NC(=O)OC(C)(C)C)CCO1. The number of amides is 1. The number of para-hydroxylation sites is 2. The van der Waals surface area contributed by atoms with Gasteiger partial charge in [-0.1, -0.05) is 25.5 Å².